The first-order valence-electron chi connectivity index (χ1n) is 21.8. The Labute approximate surface area is 369 Å². The van der Waals surface area contributed by atoms with Gasteiger partial charge in [0.15, 0.2) is 8.07 Å². The van der Waals surface area contributed by atoms with Crippen molar-refractivity contribution in [1.82, 2.24) is 0 Å². The molecule has 11 aromatic carbocycles. The fourth-order valence-electron chi connectivity index (χ4n) is 10.3. The minimum absolute atomic E-state index is 1.10. The van der Waals surface area contributed by atoms with E-state index < -0.39 is 8.07 Å². The van der Waals surface area contributed by atoms with E-state index in [9.17, 15) is 0 Å². The molecule has 0 amide bonds. The van der Waals surface area contributed by atoms with Gasteiger partial charge in [-0.2, -0.15) is 0 Å². The molecule has 1 aliphatic rings. The van der Waals surface area contributed by atoms with E-state index in [1.807, 2.05) is 0 Å². The van der Waals surface area contributed by atoms with Crippen LogP contribution in [0.25, 0.3) is 43.4 Å². The summed E-state index contributed by atoms with van der Waals surface area (Å²) in [5, 5.41) is 12.9. The largest absolute Gasteiger partial charge is 0.311 e. The number of anilines is 6. The smallest absolute Gasteiger partial charge is 0.184 e. The molecular formula is C60H42N2Si. The Kier molecular flexibility index (Phi) is 8.87. The van der Waals surface area contributed by atoms with Crippen LogP contribution in [0.3, 0.4) is 0 Å². The van der Waals surface area contributed by atoms with Crippen LogP contribution in [-0.2, 0) is 0 Å². The predicted octanol–water partition coefficient (Wildman–Crippen LogP) is 13.4. The standard InChI is InChI=1S/C60H42N2Si/c1-4-20-47(21-5-1)62-57-29-14-15-30-59(57)63(51-22-6-2-7-23-51,52-24-8-3-9-25-52)60-42-50(38-40-58(60)62)61(49-37-39-56-46(41-49)32-31-44-18-11-13-27-54(44)56)48-35-33-45(34-36-48)55-28-16-19-43-17-10-12-26-53(43)55/h1-42H. The molecule has 63 heavy (non-hydrogen) atoms. The van der Waals surface area contributed by atoms with Gasteiger partial charge in [-0.15, -0.1) is 0 Å². The third-order valence-electron chi connectivity index (χ3n) is 13.1. The molecule has 0 bridgehead atoms. The second-order valence-electron chi connectivity index (χ2n) is 16.5. The van der Waals surface area contributed by atoms with Crippen LogP contribution >= 0.6 is 0 Å². The molecule has 0 radical (unpaired) electrons. The average Bonchev–Trinajstić information content (AvgIpc) is 3.36. The van der Waals surface area contributed by atoms with Crippen LogP contribution in [-0.4, -0.2) is 8.07 Å². The van der Waals surface area contributed by atoms with Gasteiger partial charge in [-0.05, 0) is 125 Å². The maximum atomic E-state index is 2.52. The van der Waals surface area contributed by atoms with Gasteiger partial charge in [-0.1, -0.05) is 194 Å². The number of rotatable bonds is 7. The van der Waals surface area contributed by atoms with Gasteiger partial charge < -0.3 is 9.80 Å². The highest BCUT2D eigenvalue weighted by molar-refractivity contribution is 7.21. The van der Waals surface area contributed by atoms with E-state index in [2.05, 4.69) is 265 Å². The summed E-state index contributed by atoms with van der Waals surface area (Å²) in [6.07, 6.45) is 0. The van der Waals surface area contributed by atoms with Gasteiger partial charge in [0.05, 0.1) is 0 Å². The molecular weight excluding hydrogens is 777 g/mol. The summed E-state index contributed by atoms with van der Waals surface area (Å²) < 4.78 is 0. The highest BCUT2D eigenvalue weighted by atomic mass is 28.3. The van der Waals surface area contributed by atoms with Crippen LogP contribution in [0.15, 0.2) is 255 Å². The summed E-state index contributed by atoms with van der Waals surface area (Å²) >= 11 is 0. The lowest BCUT2D eigenvalue weighted by Crippen LogP contribution is -2.77. The molecule has 296 valence electrons. The molecule has 0 aromatic heterocycles. The van der Waals surface area contributed by atoms with Gasteiger partial charge in [0, 0.05) is 34.1 Å². The average molecular weight is 819 g/mol. The first kappa shape index (κ1) is 36.8. The van der Waals surface area contributed by atoms with Crippen LogP contribution in [0, 0.1) is 0 Å². The van der Waals surface area contributed by atoms with Crippen molar-refractivity contribution >= 4 is 95.3 Å². The van der Waals surface area contributed by atoms with Crippen LogP contribution in [0.4, 0.5) is 34.1 Å². The number of fused-ring (bicyclic) bond motifs is 6. The molecule has 2 nitrogen and oxygen atoms in total. The normalized spacial score (nSPS) is 12.9. The molecule has 0 atom stereocenters. The van der Waals surface area contributed by atoms with Gasteiger partial charge in [0.25, 0.3) is 0 Å². The van der Waals surface area contributed by atoms with E-state index in [0.717, 1.165) is 22.7 Å². The molecule has 3 heteroatoms. The topological polar surface area (TPSA) is 6.48 Å². The minimum Gasteiger partial charge on any atom is -0.311 e. The van der Waals surface area contributed by atoms with E-state index >= 15 is 0 Å². The zero-order valence-electron chi connectivity index (χ0n) is 34.6. The molecule has 1 heterocycles. The SMILES string of the molecule is c1ccc(N2c3ccccc3[Si](c3ccccc3)(c3ccccc3)c3cc(N(c4ccc(-c5cccc6ccccc56)cc4)c4ccc5c(ccc6ccccc65)c4)ccc32)cc1. The Hall–Kier alpha value is -7.98. The lowest BCUT2D eigenvalue weighted by Gasteiger charge is -2.45. The summed E-state index contributed by atoms with van der Waals surface area (Å²) in [7, 11) is -2.95. The molecule has 0 unspecified atom stereocenters. The van der Waals surface area contributed by atoms with E-state index in [-0.39, 0.29) is 0 Å². The minimum atomic E-state index is -2.95. The second-order valence-corrected chi connectivity index (χ2v) is 20.2. The van der Waals surface area contributed by atoms with Gasteiger partial charge >= 0.3 is 0 Å². The Balaban J connectivity index is 1.13. The molecule has 0 aliphatic carbocycles. The summed E-state index contributed by atoms with van der Waals surface area (Å²) in [4.78, 5) is 4.94. The number of nitrogens with zero attached hydrogens (tertiary/aromatic N) is 2. The van der Waals surface area contributed by atoms with Crippen molar-refractivity contribution in [3.8, 4) is 11.1 Å². The monoisotopic (exact) mass is 818 g/mol. The highest BCUT2D eigenvalue weighted by Gasteiger charge is 2.49. The van der Waals surface area contributed by atoms with Crippen LogP contribution in [0.2, 0.25) is 0 Å². The van der Waals surface area contributed by atoms with Gasteiger partial charge in [-0.25, -0.2) is 0 Å². The second kappa shape index (κ2) is 15.2. The van der Waals surface area contributed by atoms with Gasteiger partial charge in [0.1, 0.15) is 0 Å². The zero-order valence-corrected chi connectivity index (χ0v) is 35.6. The lowest BCUT2D eigenvalue weighted by molar-refractivity contribution is 1.26. The number of benzene rings is 11. The highest BCUT2D eigenvalue weighted by Crippen LogP contribution is 2.43. The van der Waals surface area contributed by atoms with E-state index in [1.165, 1.54) is 75.6 Å². The Bertz CT molecular complexity index is 3410. The van der Waals surface area contributed by atoms with Crippen molar-refractivity contribution in [1.29, 1.82) is 0 Å². The van der Waals surface area contributed by atoms with Crippen molar-refractivity contribution < 1.29 is 0 Å². The maximum absolute atomic E-state index is 2.95. The van der Waals surface area contributed by atoms with Crippen LogP contribution in [0.1, 0.15) is 0 Å². The van der Waals surface area contributed by atoms with Gasteiger partial charge in [0.2, 0.25) is 0 Å². The van der Waals surface area contributed by atoms with E-state index in [4.69, 9.17) is 0 Å². The maximum Gasteiger partial charge on any atom is 0.184 e. The molecule has 0 saturated heterocycles. The molecule has 0 spiro atoms. The molecule has 1 aliphatic heterocycles. The number of para-hydroxylation sites is 2. The van der Waals surface area contributed by atoms with Crippen molar-refractivity contribution in [2.24, 2.45) is 0 Å². The number of hydrogen-bond donors (Lipinski definition) is 0. The zero-order chi connectivity index (χ0) is 41.7. The van der Waals surface area contributed by atoms with Crippen molar-refractivity contribution in [2.45, 2.75) is 0 Å². The quantitative estimate of drug-likeness (QED) is 0.117. The summed E-state index contributed by atoms with van der Waals surface area (Å²) in [5.74, 6) is 0. The lowest BCUT2D eigenvalue weighted by atomic mass is 9.98. The fourth-order valence-corrected chi connectivity index (χ4v) is 15.4. The van der Waals surface area contributed by atoms with E-state index in [0.29, 0.717) is 0 Å². The first-order valence-corrected chi connectivity index (χ1v) is 23.8. The summed E-state index contributed by atoms with van der Waals surface area (Å²) in [6.45, 7) is 0. The van der Waals surface area contributed by atoms with Crippen molar-refractivity contribution in [3.05, 3.63) is 255 Å². The van der Waals surface area contributed by atoms with Crippen LogP contribution < -0.4 is 30.5 Å². The first-order chi connectivity index (χ1) is 31.3. The molecule has 0 N–H and O–H groups in total. The summed E-state index contributed by atoms with van der Waals surface area (Å²) in [5.41, 5.74) is 9.33. The fraction of sp³-hybridized carbons (Fsp3) is 0. The molecule has 0 fully saturated rings. The molecule has 0 saturated carbocycles. The predicted molar refractivity (Wildman–Crippen MR) is 271 cm³/mol. The van der Waals surface area contributed by atoms with Crippen LogP contribution in [0.5, 0.6) is 0 Å². The Morgan fingerprint density at radius 3 is 1.59 bits per heavy atom. The molecule has 11 aromatic rings. The third kappa shape index (κ3) is 6.00. The number of hydrogen-bond acceptors (Lipinski definition) is 2. The Morgan fingerprint density at radius 2 is 0.841 bits per heavy atom. The Morgan fingerprint density at radius 1 is 0.317 bits per heavy atom. The van der Waals surface area contributed by atoms with Crippen molar-refractivity contribution in [3.63, 3.8) is 0 Å². The summed E-state index contributed by atoms with van der Waals surface area (Å²) in [6, 6.07) is 94.4. The van der Waals surface area contributed by atoms with Crippen molar-refractivity contribution in [2.75, 3.05) is 9.80 Å². The molecule has 12 rings (SSSR count). The van der Waals surface area contributed by atoms with Gasteiger partial charge in [-0.3, -0.25) is 0 Å². The third-order valence-corrected chi connectivity index (χ3v) is 17.9. The van der Waals surface area contributed by atoms with E-state index in [1.54, 1.807) is 0 Å².